The molecule has 1 fully saturated rings. The summed E-state index contributed by atoms with van der Waals surface area (Å²) in [5.74, 6) is 1.01. The van der Waals surface area contributed by atoms with Crippen molar-refractivity contribution in [2.45, 2.75) is 44.6 Å². The molecule has 2 heterocycles. The number of aromatic nitrogens is 3. The van der Waals surface area contributed by atoms with Crippen LogP contribution in [0.5, 0.6) is 0 Å². The molecule has 2 aromatic heterocycles. The Hall–Kier alpha value is -2.60. The molecule has 3 aromatic rings. The van der Waals surface area contributed by atoms with E-state index >= 15 is 0 Å². The van der Waals surface area contributed by atoms with Gasteiger partial charge in [-0.15, -0.1) is 5.10 Å². The summed E-state index contributed by atoms with van der Waals surface area (Å²) < 4.78 is 1.76. The zero-order chi connectivity index (χ0) is 17.9. The lowest BCUT2D eigenvalue weighted by Gasteiger charge is -2.31. The number of rotatable bonds is 5. The van der Waals surface area contributed by atoms with E-state index in [1.54, 1.807) is 10.7 Å². The predicted molar refractivity (Wildman–Crippen MR) is 106 cm³/mol. The summed E-state index contributed by atoms with van der Waals surface area (Å²) in [6, 6.07) is 10.8. The zero-order valence-electron chi connectivity index (χ0n) is 15.2. The Balaban J connectivity index is 1.71. The van der Waals surface area contributed by atoms with E-state index in [0.29, 0.717) is 17.8 Å². The highest BCUT2D eigenvalue weighted by molar-refractivity contribution is 5.80. The second kappa shape index (κ2) is 7.33. The van der Waals surface area contributed by atoms with E-state index in [4.69, 9.17) is 5.73 Å². The number of imidazole rings is 1. The lowest BCUT2D eigenvalue weighted by molar-refractivity contribution is 0.348. The van der Waals surface area contributed by atoms with E-state index in [9.17, 15) is 0 Å². The molecule has 0 atom stereocenters. The number of nitrogens with zero attached hydrogens (tertiary/aromatic N) is 3. The third kappa shape index (κ3) is 3.24. The maximum absolute atomic E-state index is 6.41. The molecular formula is C20H26N6. The van der Waals surface area contributed by atoms with E-state index in [1.807, 2.05) is 24.4 Å². The van der Waals surface area contributed by atoms with E-state index in [1.165, 1.54) is 12.8 Å². The van der Waals surface area contributed by atoms with Crippen molar-refractivity contribution >= 4 is 22.8 Å². The van der Waals surface area contributed by atoms with Gasteiger partial charge in [0.25, 0.3) is 0 Å². The third-order valence-corrected chi connectivity index (χ3v) is 5.28. The quantitative estimate of drug-likeness (QED) is 0.654. The average Bonchev–Trinajstić information content (AvgIpc) is 3.12. The average molecular weight is 350 g/mol. The first-order chi connectivity index (χ1) is 12.8. The lowest BCUT2D eigenvalue weighted by Crippen LogP contribution is -2.32. The summed E-state index contributed by atoms with van der Waals surface area (Å²) in [6.07, 6.45) is 8.18. The van der Waals surface area contributed by atoms with Crippen molar-refractivity contribution in [2.24, 2.45) is 0 Å². The number of nitrogens with one attached hydrogen (secondary N) is 2. The van der Waals surface area contributed by atoms with Crippen LogP contribution in [0.15, 0.2) is 42.7 Å². The number of anilines is 3. The minimum Gasteiger partial charge on any atom is -0.382 e. The normalized spacial score (nSPS) is 20.3. The molecule has 1 saturated carbocycles. The molecule has 0 spiro atoms. The van der Waals surface area contributed by atoms with Gasteiger partial charge in [-0.3, -0.25) is 0 Å². The Labute approximate surface area is 153 Å². The van der Waals surface area contributed by atoms with Crippen molar-refractivity contribution in [3.63, 3.8) is 0 Å². The maximum Gasteiger partial charge on any atom is 0.177 e. The predicted octanol–water partition coefficient (Wildman–Crippen LogP) is 3.69. The third-order valence-electron chi connectivity index (χ3n) is 5.28. The fraction of sp³-hybridized carbons (Fsp3) is 0.400. The maximum atomic E-state index is 6.41. The van der Waals surface area contributed by atoms with Crippen LogP contribution in [-0.4, -0.2) is 27.2 Å². The van der Waals surface area contributed by atoms with Gasteiger partial charge < -0.3 is 16.4 Å². The van der Waals surface area contributed by atoms with Crippen LogP contribution in [0.1, 0.15) is 44.1 Å². The van der Waals surface area contributed by atoms with Gasteiger partial charge in [0.05, 0.1) is 5.69 Å². The highest BCUT2D eigenvalue weighted by Crippen LogP contribution is 2.41. The molecule has 0 bridgehead atoms. The lowest BCUT2D eigenvalue weighted by atomic mass is 9.81. The Bertz CT molecular complexity index is 865. The summed E-state index contributed by atoms with van der Waals surface area (Å²) in [5, 5.41) is 11.7. The molecule has 4 N–H and O–H groups in total. The van der Waals surface area contributed by atoms with Crippen LogP contribution >= 0.6 is 0 Å². The van der Waals surface area contributed by atoms with Gasteiger partial charge in [-0.1, -0.05) is 25.1 Å². The summed E-state index contributed by atoms with van der Waals surface area (Å²) in [7, 11) is 0. The number of hydrogen-bond donors (Lipinski definition) is 3. The topological polar surface area (TPSA) is 80.3 Å². The Morgan fingerprint density at radius 3 is 2.65 bits per heavy atom. The molecule has 0 aliphatic heterocycles. The van der Waals surface area contributed by atoms with E-state index < -0.39 is 0 Å². The smallest absolute Gasteiger partial charge is 0.177 e. The Morgan fingerprint density at radius 1 is 1.15 bits per heavy atom. The van der Waals surface area contributed by atoms with Crippen LogP contribution in [0.2, 0.25) is 0 Å². The second-order valence-corrected chi connectivity index (χ2v) is 6.97. The molecular weight excluding hydrogens is 324 g/mol. The van der Waals surface area contributed by atoms with Crippen molar-refractivity contribution in [2.75, 3.05) is 17.6 Å². The number of nitrogen functional groups attached to an aromatic ring is 1. The molecule has 6 heteroatoms. The Kier molecular flexibility index (Phi) is 4.75. The summed E-state index contributed by atoms with van der Waals surface area (Å²) >= 11 is 0. The van der Waals surface area contributed by atoms with Gasteiger partial charge in [0.1, 0.15) is 5.82 Å². The molecule has 6 nitrogen and oxygen atoms in total. The molecule has 4 rings (SSSR count). The van der Waals surface area contributed by atoms with Gasteiger partial charge >= 0.3 is 0 Å². The second-order valence-electron chi connectivity index (χ2n) is 6.97. The largest absolute Gasteiger partial charge is 0.382 e. The van der Waals surface area contributed by atoms with Crippen molar-refractivity contribution in [3.05, 3.63) is 48.3 Å². The number of benzene rings is 1. The van der Waals surface area contributed by atoms with E-state index in [-0.39, 0.29) is 0 Å². The van der Waals surface area contributed by atoms with Crippen LogP contribution in [0, 0.1) is 0 Å². The number of fused-ring (bicyclic) bond motifs is 1. The highest BCUT2D eigenvalue weighted by atomic mass is 15.3. The Morgan fingerprint density at radius 2 is 1.92 bits per heavy atom. The van der Waals surface area contributed by atoms with Crippen LogP contribution in [-0.2, 0) is 0 Å². The molecule has 1 aromatic carbocycles. The fourth-order valence-corrected chi connectivity index (χ4v) is 4.05. The van der Waals surface area contributed by atoms with E-state index in [2.05, 4.69) is 39.8 Å². The van der Waals surface area contributed by atoms with Crippen LogP contribution in [0.3, 0.4) is 0 Å². The van der Waals surface area contributed by atoms with E-state index in [0.717, 1.165) is 42.0 Å². The van der Waals surface area contributed by atoms with Crippen molar-refractivity contribution in [1.82, 2.24) is 19.9 Å². The first-order valence-corrected chi connectivity index (χ1v) is 9.44. The minimum absolute atomic E-state index is 0.408. The van der Waals surface area contributed by atoms with Crippen LogP contribution in [0.4, 0.5) is 17.2 Å². The number of para-hydroxylation sites is 1. The van der Waals surface area contributed by atoms with Crippen LogP contribution < -0.4 is 16.4 Å². The van der Waals surface area contributed by atoms with Gasteiger partial charge in [-0.2, -0.15) is 0 Å². The molecule has 0 unspecified atom stereocenters. The fourth-order valence-electron chi connectivity index (χ4n) is 4.05. The summed E-state index contributed by atoms with van der Waals surface area (Å²) in [4.78, 5) is 4.53. The highest BCUT2D eigenvalue weighted by Gasteiger charge is 2.27. The number of hydrogen-bond acceptors (Lipinski definition) is 5. The first kappa shape index (κ1) is 16.8. The summed E-state index contributed by atoms with van der Waals surface area (Å²) in [5.41, 5.74) is 10.4. The first-order valence-electron chi connectivity index (χ1n) is 9.44. The standard InChI is InChI=1S/C20H26N6/c1-2-22-15-10-8-14(9-11-15)17-18(24-16-6-4-3-5-7-16)20-23-12-13-26(20)25-19(17)21/h3-7,12-15,22,24H,2,8-11H2,1H3,(H2,21,25)/t14-,15-. The molecule has 0 amide bonds. The molecule has 26 heavy (non-hydrogen) atoms. The number of nitrogens with two attached hydrogens (primary N) is 1. The van der Waals surface area contributed by atoms with Crippen molar-refractivity contribution in [1.29, 1.82) is 0 Å². The SMILES string of the molecule is CCN[C@H]1CC[C@H](c2c(N)nn3ccnc3c2Nc2ccccc2)CC1. The van der Waals surface area contributed by atoms with Gasteiger partial charge in [0.15, 0.2) is 5.65 Å². The van der Waals surface area contributed by atoms with Crippen molar-refractivity contribution < 1.29 is 0 Å². The van der Waals surface area contributed by atoms with Gasteiger partial charge in [-0.05, 0) is 50.3 Å². The van der Waals surface area contributed by atoms with Gasteiger partial charge in [-0.25, -0.2) is 9.50 Å². The molecule has 136 valence electrons. The molecule has 0 radical (unpaired) electrons. The van der Waals surface area contributed by atoms with Gasteiger partial charge in [0.2, 0.25) is 0 Å². The summed E-state index contributed by atoms with van der Waals surface area (Å²) in [6.45, 7) is 3.20. The van der Waals surface area contributed by atoms with Gasteiger partial charge in [0, 0.05) is 29.7 Å². The zero-order valence-corrected chi connectivity index (χ0v) is 15.2. The molecule has 1 aliphatic carbocycles. The van der Waals surface area contributed by atoms with Crippen LogP contribution in [0.25, 0.3) is 5.65 Å². The molecule has 0 saturated heterocycles. The van der Waals surface area contributed by atoms with Crippen molar-refractivity contribution in [3.8, 4) is 0 Å². The minimum atomic E-state index is 0.408. The molecule has 1 aliphatic rings. The monoisotopic (exact) mass is 350 g/mol.